The van der Waals surface area contributed by atoms with Crippen LogP contribution in [0.4, 0.5) is 11.4 Å². The molecule has 6 heteroatoms. The molecule has 2 heterocycles. The average Bonchev–Trinajstić information content (AvgIpc) is 2.60. The summed E-state index contributed by atoms with van der Waals surface area (Å²) in [6.45, 7) is 8.58. The van der Waals surface area contributed by atoms with Gasteiger partial charge in [-0.15, -0.1) is 0 Å². The van der Waals surface area contributed by atoms with Crippen molar-refractivity contribution < 1.29 is 25.3 Å². The Balaban J connectivity index is 0.00000139. The van der Waals surface area contributed by atoms with Crippen LogP contribution in [0, 0.1) is 23.0 Å². The second kappa shape index (κ2) is 10.9. The van der Waals surface area contributed by atoms with Crippen molar-refractivity contribution in [3.63, 3.8) is 0 Å². The molecule has 2 fully saturated rings. The molecule has 2 aliphatic heterocycles. The zero-order chi connectivity index (χ0) is 16.9. The molecule has 0 unspecified atom stereocenters. The molecule has 1 spiro atoms. The Morgan fingerprint density at radius 1 is 0.960 bits per heavy atom. The van der Waals surface area contributed by atoms with Gasteiger partial charge in [-0.3, -0.25) is 10.1 Å². The van der Waals surface area contributed by atoms with Gasteiger partial charge in [0, 0.05) is 51.3 Å². The maximum Gasteiger partial charge on any atom is 0.269 e. The summed E-state index contributed by atoms with van der Waals surface area (Å²) in [7, 11) is 2.21. The number of hydrogen-bond acceptors (Lipinski definition) is 4. The molecule has 25 heavy (non-hydrogen) atoms. The van der Waals surface area contributed by atoms with Crippen molar-refractivity contribution in [2.75, 3.05) is 38.1 Å². The maximum absolute atomic E-state index is 10.7. The van der Waals surface area contributed by atoms with Gasteiger partial charge < -0.3 is 17.2 Å². The molecule has 0 atom stereocenters. The van der Waals surface area contributed by atoms with Crippen LogP contribution in [0.5, 0.6) is 0 Å². The van der Waals surface area contributed by atoms with Crippen LogP contribution < -0.4 is 4.90 Å². The van der Waals surface area contributed by atoms with Crippen LogP contribution in [0.15, 0.2) is 24.3 Å². The molecule has 2 aliphatic rings. The molecule has 0 aliphatic carbocycles. The number of non-ortho nitro benzene ring substituents is 1. The first-order valence-corrected chi connectivity index (χ1v) is 8.76. The summed E-state index contributed by atoms with van der Waals surface area (Å²) in [5, 5.41) is 10.7. The average molecular weight is 441 g/mol. The number of nitro benzene ring substituents is 1. The van der Waals surface area contributed by atoms with Gasteiger partial charge in [-0.05, 0) is 63.4 Å². The van der Waals surface area contributed by atoms with Crippen molar-refractivity contribution in [2.24, 2.45) is 5.41 Å². The number of piperidine rings is 2. The predicted molar refractivity (Wildman–Crippen MR) is 101 cm³/mol. The number of nitrogens with zero attached hydrogens (tertiary/aromatic N) is 3. The van der Waals surface area contributed by atoms with Crippen molar-refractivity contribution in [3.8, 4) is 0 Å². The predicted octanol–water partition coefficient (Wildman–Crippen LogP) is 4.38. The molecule has 1 aromatic carbocycles. The Morgan fingerprint density at radius 3 is 1.84 bits per heavy atom. The third-order valence-corrected chi connectivity index (χ3v) is 5.30. The molecule has 0 amide bonds. The summed E-state index contributed by atoms with van der Waals surface area (Å²) >= 11 is 0. The van der Waals surface area contributed by atoms with Crippen LogP contribution in [-0.2, 0) is 20.4 Å². The van der Waals surface area contributed by atoms with E-state index in [1.54, 1.807) is 12.1 Å². The molecule has 0 aromatic heterocycles. The van der Waals surface area contributed by atoms with Crippen molar-refractivity contribution in [1.29, 1.82) is 0 Å². The topological polar surface area (TPSA) is 49.6 Å². The molecule has 0 saturated carbocycles. The normalized spacial score (nSPS) is 19.1. The van der Waals surface area contributed by atoms with Crippen LogP contribution in [0.25, 0.3) is 0 Å². The first-order valence-electron chi connectivity index (χ1n) is 8.76. The number of benzene rings is 1. The van der Waals surface area contributed by atoms with E-state index in [0.717, 1.165) is 18.8 Å². The van der Waals surface area contributed by atoms with Crippen LogP contribution in [0.2, 0.25) is 0 Å². The molecule has 3 rings (SSSR count). The Morgan fingerprint density at radius 2 is 1.40 bits per heavy atom. The van der Waals surface area contributed by atoms with Crippen LogP contribution >= 0.6 is 0 Å². The van der Waals surface area contributed by atoms with Crippen LogP contribution in [0.3, 0.4) is 0 Å². The van der Waals surface area contributed by atoms with E-state index in [1.165, 1.54) is 38.8 Å². The van der Waals surface area contributed by atoms with Gasteiger partial charge in [0.05, 0.1) is 4.92 Å². The summed E-state index contributed by atoms with van der Waals surface area (Å²) in [6, 6.07) is 6.97. The van der Waals surface area contributed by atoms with E-state index in [4.69, 9.17) is 0 Å². The number of hydrogen-bond donors (Lipinski definition) is 0. The second-order valence-electron chi connectivity index (χ2n) is 6.56. The first-order chi connectivity index (χ1) is 11.1. The number of nitro groups is 1. The van der Waals surface area contributed by atoms with E-state index < -0.39 is 0 Å². The minimum atomic E-state index is -0.340. The van der Waals surface area contributed by atoms with Gasteiger partial charge in [0.25, 0.3) is 5.69 Å². The fourth-order valence-corrected chi connectivity index (χ4v) is 3.62. The molecule has 0 bridgehead atoms. The van der Waals surface area contributed by atoms with Gasteiger partial charge in [0.2, 0.25) is 0 Å². The molecule has 146 valence electrons. The van der Waals surface area contributed by atoms with Gasteiger partial charge in [0.1, 0.15) is 0 Å². The molecular weight excluding hydrogens is 409 g/mol. The van der Waals surface area contributed by atoms with Gasteiger partial charge in [-0.2, -0.15) is 0 Å². The third-order valence-electron chi connectivity index (χ3n) is 5.30. The van der Waals surface area contributed by atoms with Crippen molar-refractivity contribution in [1.82, 2.24) is 4.90 Å². The Hall–Kier alpha value is -0.958. The quantitative estimate of drug-likeness (QED) is 0.296. The van der Waals surface area contributed by atoms with Crippen LogP contribution in [0.1, 0.15) is 39.5 Å². The minimum absolute atomic E-state index is 0. The summed E-state index contributed by atoms with van der Waals surface area (Å²) in [5.74, 6) is 0. The summed E-state index contributed by atoms with van der Waals surface area (Å²) < 4.78 is 0. The summed E-state index contributed by atoms with van der Waals surface area (Å²) in [5.41, 5.74) is 1.83. The van der Waals surface area contributed by atoms with E-state index >= 15 is 0 Å². The van der Waals surface area contributed by atoms with Gasteiger partial charge in [-0.25, -0.2) is 0 Å². The zero-order valence-electron chi connectivity index (χ0n) is 15.9. The molecule has 0 radical (unpaired) electrons. The fraction of sp³-hybridized carbons (Fsp3) is 0.632. The minimum Gasteiger partial charge on any atom is -0.371 e. The number of rotatable bonds is 2. The van der Waals surface area contributed by atoms with Crippen molar-refractivity contribution in [3.05, 3.63) is 41.8 Å². The fourth-order valence-electron chi connectivity index (χ4n) is 3.62. The summed E-state index contributed by atoms with van der Waals surface area (Å²) in [6.07, 6.45) is 5.13. The summed E-state index contributed by atoms with van der Waals surface area (Å²) in [4.78, 5) is 15.2. The number of likely N-dealkylation sites (tertiary alicyclic amines) is 1. The van der Waals surface area contributed by atoms with E-state index in [9.17, 15) is 10.1 Å². The molecule has 1 aromatic rings. The van der Waals surface area contributed by atoms with E-state index in [2.05, 4.69) is 16.8 Å². The second-order valence-corrected chi connectivity index (χ2v) is 6.56. The van der Waals surface area contributed by atoms with E-state index in [0.29, 0.717) is 5.41 Å². The van der Waals surface area contributed by atoms with Crippen molar-refractivity contribution in [2.45, 2.75) is 39.5 Å². The molecule has 5 nitrogen and oxygen atoms in total. The van der Waals surface area contributed by atoms with Gasteiger partial charge in [0.15, 0.2) is 0 Å². The van der Waals surface area contributed by atoms with Gasteiger partial charge >= 0.3 is 0 Å². The van der Waals surface area contributed by atoms with Crippen LogP contribution in [-0.4, -0.2) is 43.0 Å². The molecule has 0 N–H and O–H groups in total. The largest absolute Gasteiger partial charge is 0.371 e. The zero-order valence-corrected chi connectivity index (χ0v) is 17.5. The smallest absolute Gasteiger partial charge is 0.269 e. The molecular formula is C19H32N3O2Pd-. The van der Waals surface area contributed by atoms with Gasteiger partial charge in [-0.1, -0.05) is 13.8 Å². The Labute approximate surface area is 166 Å². The van der Waals surface area contributed by atoms with E-state index in [1.807, 2.05) is 26.0 Å². The number of anilines is 1. The monoisotopic (exact) mass is 440 g/mol. The molecule has 2 saturated heterocycles. The maximum atomic E-state index is 10.7. The third kappa shape index (κ3) is 6.06. The Kier molecular flexibility index (Phi) is 10.5. The SMILES string of the molecule is CC.CN1CCC2(CC1)CCN(c1ccc([N+](=O)[O-])cc1)CC2.[CH3-].[Pd]. The Bertz CT molecular complexity index is 504. The standard InChI is InChI=1S/C16H23N3O2.C2H6.CH3.Pd/c1-17-10-6-16(7-11-17)8-12-18(13-9-16)14-2-4-15(5-3-14)19(20)21;1-2;;/h2-5H,6-13H2,1H3;1-2H3;1H3;/q;;-1;. The first kappa shape index (κ1) is 24.0. The van der Waals surface area contributed by atoms with Crippen molar-refractivity contribution >= 4 is 11.4 Å². The van der Waals surface area contributed by atoms with E-state index in [-0.39, 0.29) is 38.5 Å².